The molecule has 1 aromatic carbocycles. The number of carbonyl (C=O) groups is 1. The molecular formula is C15H19N3O2S. The van der Waals surface area contributed by atoms with Gasteiger partial charge in [0.2, 0.25) is 5.91 Å². The number of rotatable bonds is 5. The molecule has 1 amide bonds. The van der Waals surface area contributed by atoms with E-state index in [0.29, 0.717) is 5.69 Å². The number of thiazole rings is 1. The van der Waals surface area contributed by atoms with Crippen molar-refractivity contribution < 1.29 is 4.79 Å². The molecule has 1 heterocycles. The second-order valence-electron chi connectivity index (χ2n) is 4.97. The van der Waals surface area contributed by atoms with Gasteiger partial charge >= 0.3 is 4.87 Å². The number of anilines is 1. The van der Waals surface area contributed by atoms with Crippen LogP contribution in [0.1, 0.15) is 20.3 Å². The molecule has 0 aliphatic rings. The molecule has 0 aliphatic heterocycles. The summed E-state index contributed by atoms with van der Waals surface area (Å²) in [7, 11) is 0. The van der Waals surface area contributed by atoms with Gasteiger partial charge in [0.05, 0.1) is 5.69 Å². The molecule has 0 saturated heterocycles. The highest BCUT2D eigenvalue weighted by Crippen LogP contribution is 2.21. The van der Waals surface area contributed by atoms with Crippen LogP contribution in [0.2, 0.25) is 0 Å². The summed E-state index contributed by atoms with van der Waals surface area (Å²) in [5.74, 6) is -0.151. The van der Waals surface area contributed by atoms with Crippen LogP contribution in [-0.4, -0.2) is 16.5 Å². The van der Waals surface area contributed by atoms with Crippen LogP contribution in [0.4, 0.5) is 5.69 Å². The van der Waals surface area contributed by atoms with Crippen molar-refractivity contribution in [2.45, 2.75) is 32.9 Å². The predicted octanol–water partition coefficient (Wildman–Crippen LogP) is 2.07. The summed E-state index contributed by atoms with van der Waals surface area (Å²) < 4.78 is 1.49. The number of aromatic nitrogens is 1. The van der Waals surface area contributed by atoms with Gasteiger partial charge in [-0.25, -0.2) is 0 Å². The van der Waals surface area contributed by atoms with E-state index in [0.717, 1.165) is 29.0 Å². The molecule has 112 valence electrons. The van der Waals surface area contributed by atoms with Crippen molar-refractivity contribution in [1.29, 1.82) is 0 Å². The maximum absolute atomic E-state index is 12.0. The molecule has 1 atom stereocenters. The van der Waals surface area contributed by atoms with Gasteiger partial charge in [0.25, 0.3) is 0 Å². The molecule has 21 heavy (non-hydrogen) atoms. The van der Waals surface area contributed by atoms with Gasteiger partial charge in [-0.1, -0.05) is 30.4 Å². The van der Waals surface area contributed by atoms with E-state index < -0.39 is 0 Å². The normalized spacial score (nSPS) is 12.1. The van der Waals surface area contributed by atoms with E-state index in [4.69, 9.17) is 5.73 Å². The van der Waals surface area contributed by atoms with Gasteiger partial charge in [-0.2, -0.15) is 0 Å². The Morgan fingerprint density at radius 1 is 1.38 bits per heavy atom. The molecule has 5 nitrogen and oxygen atoms in total. The number of nitrogens with one attached hydrogen (secondary N) is 1. The molecule has 0 bridgehead atoms. The SMILES string of the molecule is CCC(C)NC(=O)Cn1c(-c2ccc(N)cc2)csc1=O. The molecular weight excluding hydrogens is 286 g/mol. The summed E-state index contributed by atoms with van der Waals surface area (Å²) in [5.41, 5.74) is 7.95. The molecule has 2 aromatic rings. The first-order valence-electron chi connectivity index (χ1n) is 6.85. The zero-order valence-corrected chi connectivity index (χ0v) is 12.9. The minimum atomic E-state index is -0.151. The van der Waals surface area contributed by atoms with Crippen molar-refractivity contribution in [1.82, 2.24) is 9.88 Å². The van der Waals surface area contributed by atoms with Gasteiger partial charge in [-0.05, 0) is 31.0 Å². The zero-order valence-electron chi connectivity index (χ0n) is 12.1. The summed E-state index contributed by atoms with van der Waals surface area (Å²) in [6.07, 6.45) is 0.856. The Balaban J connectivity index is 2.24. The minimum absolute atomic E-state index is 0.0341. The quantitative estimate of drug-likeness (QED) is 0.830. The summed E-state index contributed by atoms with van der Waals surface area (Å²) in [5, 5.41) is 4.64. The molecule has 0 fully saturated rings. The van der Waals surface area contributed by atoms with Gasteiger partial charge < -0.3 is 11.1 Å². The maximum Gasteiger partial charge on any atom is 0.308 e. The van der Waals surface area contributed by atoms with Gasteiger partial charge in [-0.3, -0.25) is 14.2 Å². The first kappa shape index (κ1) is 15.3. The van der Waals surface area contributed by atoms with Crippen LogP contribution in [0.3, 0.4) is 0 Å². The maximum atomic E-state index is 12.0. The van der Waals surface area contributed by atoms with Crippen molar-refractivity contribution in [3.05, 3.63) is 39.3 Å². The lowest BCUT2D eigenvalue weighted by molar-refractivity contribution is -0.122. The fourth-order valence-corrected chi connectivity index (χ4v) is 2.69. The Hall–Kier alpha value is -2.08. The molecule has 0 radical (unpaired) electrons. The number of hydrogen-bond acceptors (Lipinski definition) is 4. The van der Waals surface area contributed by atoms with Gasteiger partial charge in [-0.15, -0.1) is 0 Å². The lowest BCUT2D eigenvalue weighted by Crippen LogP contribution is -2.36. The fraction of sp³-hybridized carbons (Fsp3) is 0.333. The van der Waals surface area contributed by atoms with Gasteiger partial charge in [0.1, 0.15) is 6.54 Å². The van der Waals surface area contributed by atoms with E-state index in [2.05, 4.69) is 5.32 Å². The average molecular weight is 305 g/mol. The Labute approximate surface area is 127 Å². The monoisotopic (exact) mass is 305 g/mol. The van der Waals surface area contributed by atoms with E-state index in [1.165, 1.54) is 4.57 Å². The number of benzene rings is 1. The Morgan fingerprint density at radius 2 is 2.05 bits per heavy atom. The van der Waals surface area contributed by atoms with Crippen LogP contribution in [0.15, 0.2) is 34.4 Å². The zero-order chi connectivity index (χ0) is 15.4. The summed E-state index contributed by atoms with van der Waals surface area (Å²) in [6, 6.07) is 7.36. The third kappa shape index (κ3) is 3.72. The Bertz CT molecular complexity index is 673. The van der Waals surface area contributed by atoms with Crippen LogP contribution < -0.4 is 15.9 Å². The topological polar surface area (TPSA) is 77.1 Å². The summed E-state index contributed by atoms with van der Waals surface area (Å²) in [6.45, 7) is 3.98. The van der Waals surface area contributed by atoms with Crippen molar-refractivity contribution in [3.63, 3.8) is 0 Å². The van der Waals surface area contributed by atoms with Gasteiger partial charge in [0.15, 0.2) is 0 Å². The Morgan fingerprint density at radius 3 is 2.67 bits per heavy atom. The van der Waals surface area contributed by atoms with Crippen LogP contribution in [0.5, 0.6) is 0 Å². The number of nitrogens with two attached hydrogens (primary N) is 1. The number of amides is 1. The second-order valence-corrected chi connectivity index (χ2v) is 5.79. The van der Waals surface area contributed by atoms with Crippen LogP contribution >= 0.6 is 11.3 Å². The fourth-order valence-electron chi connectivity index (χ4n) is 1.93. The van der Waals surface area contributed by atoms with Crippen LogP contribution in [0.25, 0.3) is 11.3 Å². The van der Waals surface area contributed by atoms with Gasteiger partial charge in [0, 0.05) is 17.1 Å². The Kier molecular flexibility index (Phi) is 4.80. The molecule has 0 aliphatic carbocycles. The van der Waals surface area contributed by atoms with E-state index >= 15 is 0 Å². The third-order valence-corrected chi connectivity index (χ3v) is 4.07. The smallest absolute Gasteiger partial charge is 0.308 e. The standard InChI is InChI=1S/C15H19N3O2S/c1-3-10(2)17-14(19)8-18-13(9-21-15(18)20)11-4-6-12(16)7-5-11/h4-7,9-10H,3,8,16H2,1-2H3,(H,17,19). The number of hydrogen-bond donors (Lipinski definition) is 2. The van der Waals surface area contributed by atoms with Crippen molar-refractivity contribution >= 4 is 22.9 Å². The second kappa shape index (κ2) is 6.58. The first-order valence-corrected chi connectivity index (χ1v) is 7.72. The van der Waals surface area contributed by atoms with E-state index in [1.807, 2.05) is 26.0 Å². The van der Waals surface area contributed by atoms with E-state index in [1.54, 1.807) is 17.5 Å². The molecule has 0 saturated carbocycles. The number of nitrogens with zero attached hydrogens (tertiary/aromatic N) is 1. The highest BCUT2D eigenvalue weighted by molar-refractivity contribution is 7.07. The van der Waals surface area contributed by atoms with Crippen molar-refractivity contribution in [3.8, 4) is 11.3 Å². The highest BCUT2D eigenvalue weighted by atomic mass is 32.1. The number of nitrogen functional groups attached to an aromatic ring is 1. The average Bonchev–Trinajstić information content (AvgIpc) is 2.81. The largest absolute Gasteiger partial charge is 0.399 e. The van der Waals surface area contributed by atoms with Crippen molar-refractivity contribution in [2.24, 2.45) is 0 Å². The lowest BCUT2D eigenvalue weighted by atomic mass is 10.1. The molecule has 1 unspecified atom stereocenters. The minimum Gasteiger partial charge on any atom is -0.399 e. The lowest BCUT2D eigenvalue weighted by Gasteiger charge is -2.13. The van der Waals surface area contributed by atoms with Crippen LogP contribution in [0, 0.1) is 0 Å². The molecule has 0 spiro atoms. The van der Waals surface area contributed by atoms with E-state index in [-0.39, 0.29) is 23.4 Å². The van der Waals surface area contributed by atoms with Crippen LogP contribution in [-0.2, 0) is 11.3 Å². The molecule has 1 aromatic heterocycles. The molecule has 6 heteroatoms. The van der Waals surface area contributed by atoms with E-state index in [9.17, 15) is 9.59 Å². The highest BCUT2D eigenvalue weighted by Gasteiger charge is 2.13. The van der Waals surface area contributed by atoms with Crippen molar-refractivity contribution in [2.75, 3.05) is 5.73 Å². The molecule has 3 N–H and O–H groups in total. The number of carbonyl (C=O) groups excluding carboxylic acids is 1. The summed E-state index contributed by atoms with van der Waals surface area (Å²) in [4.78, 5) is 23.8. The third-order valence-electron chi connectivity index (χ3n) is 3.31. The summed E-state index contributed by atoms with van der Waals surface area (Å²) >= 11 is 1.09. The first-order chi connectivity index (χ1) is 10.0. The predicted molar refractivity (Wildman–Crippen MR) is 86.3 cm³/mol. The molecule has 2 rings (SSSR count).